The average Bonchev–Trinajstić information content (AvgIpc) is 3.14. The fourth-order valence-electron chi connectivity index (χ4n) is 2.04. The van der Waals surface area contributed by atoms with Crippen LogP contribution < -0.4 is 4.74 Å². The molecule has 0 atom stereocenters. The summed E-state index contributed by atoms with van der Waals surface area (Å²) in [6.07, 6.45) is 3.88. The van der Waals surface area contributed by atoms with Crippen LogP contribution in [0, 0.1) is 5.92 Å². The Morgan fingerprint density at radius 1 is 1.45 bits per heavy atom. The summed E-state index contributed by atoms with van der Waals surface area (Å²) in [6.45, 7) is 2.81. The van der Waals surface area contributed by atoms with Gasteiger partial charge >= 0.3 is 5.97 Å². The second kappa shape index (κ2) is 5.48. The first-order valence-corrected chi connectivity index (χ1v) is 7.49. The van der Waals surface area contributed by atoms with E-state index in [9.17, 15) is 4.79 Å². The number of fused-ring (bicyclic) bond motifs is 1. The van der Waals surface area contributed by atoms with Gasteiger partial charge in [0.1, 0.15) is 11.8 Å². The largest absolute Gasteiger partial charge is 0.489 e. The summed E-state index contributed by atoms with van der Waals surface area (Å²) >= 11 is 3.44. The van der Waals surface area contributed by atoms with Gasteiger partial charge in [0.25, 0.3) is 0 Å². The predicted molar refractivity (Wildman–Crippen MR) is 78.1 cm³/mol. The van der Waals surface area contributed by atoms with Gasteiger partial charge in [-0.1, -0.05) is 15.9 Å². The first kappa shape index (κ1) is 13.5. The molecule has 1 aromatic carbocycles. The molecule has 1 aromatic heterocycles. The number of hydrogen-bond acceptors (Lipinski definition) is 4. The number of hydrogen-bond donors (Lipinski definition) is 0. The Morgan fingerprint density at radius 2 is 2.25 bits per heavy atom. The molecule has 0 bridgehead atoms. The Balaban J connectivity index is 1.96. The van der Waals surface area contributed by atoms with Gasteiger partial charge in [0.15, 0.2) is 11.3 Å². The van der Waals surface area contributed by atoms with E-state index in [2.05, 4.69) is 15.9 Å². The van der Waals surface area contributed by atoms with Gasteiger partial charge in [0.2, 0.25) is 0 Å². The van der Waals surface area contributed by atoms with Gasteiger partial charge in [-0.15, -0.1) is 0 Å². The van der Waals surface area contributed by atoms with Gasteiger partial charge in [-0.05, 0) is 37.8 Å². The summed E-state index contributed by atoms with van der Waals surface area (Å²) in [5.41, 5.74) is 1.02. The summed E-state index contributed by atoms with van der Waals surface area (Å²) in [5, 5.41) is 0.712. The van der Waals surface area contributed by atoms with Crippen LogP contribution in [0.4, 0.5) is 0 Å². The lowest BCUT2D eigenvalue weighted by Gasteiger charge is -2.06. The molecule has 4 nitrogen and oxygen atoms in total. The second-order valence-corrected chi connectivity index (χ2v) is 5.82. The number of carbonyl (C=O) groups excluding carboxylic acids is 1. The first-order chi connectivity index (χ1) is 9.69. The molecule has 0 spiro atoms. The van der Waals surface area contributed by atoms with E-state index in [0.717, 1.165) is 4.47 Å². The summed E-state index contributed by atoms with van der Waals surface area (Å²) in [5.74, 6) is 0.942. The Morgan fingerprint density at radius 3 is 2.95 bits per heavy atom. The van der Waals surface area contributed by atoms with Crippen LogP contribution in [0.2, 0.25) is 0 Å². The molecule has 106 valence electrons. The molecule has 0 saturated heterocycles. The molecule has 0 amide bonds. The topological polar surface area (TPSA) is 48.7 Å². The maximum absolute atomic E-state index is 11.9. The van der Waals surface area contributed by atoms with Crippen molar-refractivity contribution < 1.29 is 18.7 Å². The Bertz CT molecular complexity index is 643. The molecule has 1 saturated carbocycles. The molecule has 1 aliphatic carbocycles. The van der Waals surface area contributed by atoms with E-state index >= 15 is 0 Å². The summed E-state index contributed by atoms with van der Waals surface area (Å²) in [6, 6.07) is 3.71. The van der Waals surface area contributed by atoms with Crippen molar-refractivity contribution in [3.05, 3.63) is 28.4 Å². The number of furan rings is 1. The van der Waals surface area contributed by atoms with Crippen molar-refractivity contribution in [2.45, 2.75) is 19.8 Å². The fraction of sp³-hybridized carbons (Fsp3) is 0.400. The van der Waals surface area contributed by atoms with Crippen LogP contribution in [0.3, 0.4) is 0 Å². The van der Waals surface area contributed by atoms with Crippen LogP contribution in [0.15, 0.2) is 27.3 Å². The predicted octanol–water partition coefficient (Wildman–Crippen LogP) is 4.16. The van der Waals surface area contributed by atoms with Crippen molar-refractivity contribution in [3.8, 4) is 5.75 Å². The summed E-state index contributed by atoms with van der Waals surface area (Å²) in [4.78, 5) is 11.9. The van der Waals surface area contributed by atoms with Crippen LogP contribution >= 0.6 is 15.9 Å². The van der Waals surface area contributed by atoms with Crippen molar-refractivity contribution >= 4 is 32.9 Å². The Labute approximate surface area is 125 Å². The normalized spacial score (nSPS) is 14.5. The highest BCUT2D eigenvalue weighted by Crippen LogP contribution is 2.36. The van der Waals surface area contributed by atoms with Crippen LogP contribution in [0.25, 0.3) is 11.0 Å². The third-order valence-electron chi connectivity index (χ3n) is 3.27. The van der Waals surface area contributed by atoms with Gasteiger partial charge in [0.05, 0.1) is 13.2 Å². The standard InChI is InChI=1S/C15H15BrO4/c1-2-18-15(17)12-8-20-14-11(12)5-10(16)6-13(14)19-7-9-3-4-9/h5-6,8-9H,2-4,7H2,1H3. The summed E-state index contributed by atoms with van der Waals surface area (Å²) < 4.78 is 17.2. The van der Waals surface area contributed by atoms with Crippen molar-refractivity contribution in [3.63, 3.8) is 0 Å². The molecule has 5 heteroatoms. The van der Waals surface area contributed by atoms with Gasteiger partial charge < -0.3 is 13.9 Å². The number of carbonyl (C=O) groups is 1. The van der Waals surface area contributed by atoms with E-state index in [1.807, 2.05) is 12.1 Å². The zero-order chi connectivity index (χ0) is 14.1. The van der Waals surface area contributed by atoms with Crippen LogP contribution in [0.1, 0.15) is 30.1 Å². The lowest BCUT2D eigenvalue weighted by Crippen LogP contribution is -2.03. The van der Waals surface area contributed by atoms with Crippen molar-refractivity contribution in [2.24, 2.45) is 5.92 Å². The monoisotopic (exact) mass is 338 g/mol. The van der Waals surface area contributed by atoms with E-state index in [4.69, 9.17) is 13.9 Å². The molecule has 1 aliphatic rings. The van der Waals surface area contributed by atoms with Crippen LogP contribution in [0.5, 0.6) is 5.75 Å². The Kier molecular flexibility index (Phi) is 3.70. The Hall–Kier alpha value is -1.49. The molecule has 20 heavy (non-hydrogen) atoms. The lowest BCUT2D eigenvalue weighted by atomic mass is 10.1. The van der Waals surface area contributed by atoms with Crippen LogP contribution in [-0.4, -0.2) is 19.2 Å². The van der Waals surface area contributed by atoms with Gasteiger partial charge in [0, 0.05) is 9.86 Å². The molecule has 3 rings (SSSR count). The first-order valence-electron chi connectivity index (χ1n) is 6.69. The van der Waals surface area contributed by atoms with Crippen molar-refractivity contribution in [1.82, 2.24) is 0 Å². The zero-order valence-electron chi connectivity index (χ0n) is 11.1. The molecule has 0 unspecified atom stereocenters. The number of ether oxygens (including phenoxy) is 2. The third kappa shape index (κ3) is 2.68. The highest BCUT2D eigenvalue weighted by Gasteiger charge is 2.24. The molecule has 2 aromatic rings. The zero-order valence-corrected chi connectivity index (χ0v) is 12.7. The van der Waals surface area contributed by atoms with Gasteiger partial charge in [-0.25, -0.2) is 4.79 Å². The molecule has 1 heterocycles. The fourth-order valence-corrected chi connectivity index (χ4v) is 2.47. The minimum absolute atomic E-state index is 0.338. The number of benzene rings is 1. The van der Waals surface area contributed by atoms with E-state index < -0.39 is 0 Å². The van der Waals surface area contributed by atoms with Crippen molar-refractivity contribution in [2.75, 3.05) is 13.2 Å². The van der Waals surface area contributed by atoms with Crippen LogP contribution in [-0.2, 0) is 4.74 Å². The van der Waals surface area contributed by atoms with Gasteiger partial charge in [-0.2, -0.15) is 0 Å². The van der Waals surface area contributed by atoms with E-state index in [-0.39, 0.29) is 5.97 Å². The highest BCUT2D eigenvalue weighted by molar-refractivity contribution is 9.10. The number of rotatable bonds is 5. The minimum atomic E-state index is -0.377. The maximum atomic E-state index is 11.9. The third-order valence-corrected chi connectivity index (χ3v) is 3.73. The SMILES string of the molecule is CCOC(=O)c1coc2c(OCC3CC3)cc(Br)cc12. The van der Waals surface area contributed by atoms with Gasteiger partial charge in [-0.3, -0.25) is 0 Å². The quantitative estimate of drug-likeness (QED) is 0.768. The number of esters is 1. The second-order valence-electron chi connectivity index (χ2n) is 4.90. The van der Waals surface area contributed by atoms with Crippen molar-refractivity contribution in [1.29, 1.82) is 0 Å². The molecule has 0 N–H and O–H groups in total. The summed E-state index contributed by atoms with van der Waals surface area (Å²) in [7, 11) is 0. The molecule has 0 radical (unpaired) electrons. The van der Waals surface area contributed by atoms with E-state index in [1.54, 1.807) is 6.92 Å². The van der Waals surface area contributed by atoms with E-state index in [1.165, 1.54) is 19.1 Å². The highest BCUT2D eigenvalue weighted by atomic mass is 79.9. The molecule has 0 aliphatic heterocycles. The molecular weight excluding hydrogens is 324 g/mol. The maximum Gasteiger partial charge on any atom is 0.342 e. The molecule has 1 fully saturated rings. The van der Waals surface area contributed by atoms with E-state index in [0.29, 0.717) is 41.4 Å². The lowest BCUT2D eigenvalue weighted by molar-refractivity contribution is 0.0527. The smallest absolute Gasteiger partial charge is 0.342 e. The molecular formula is C15H15BrO4. The average molecular weight is 339 g/mol. The minimum Gasteiger partial charge on any atom is -0.489 e. The number of halogens is 1.